The average Bonchev–Trinajstić information content (AvgIpc) is 2.25. The van der Waals surface area contributed by atoms with Gasteiger partial charge >= 0.3 is 11.9 Å². The van der Waals surface area contributed by atoms with Gasteiger partial charge in [-0.2, -0.15) is 0 Å². The molecule has 5 heteroatoms. The topological polar surface area (TPSA) is 69.7 Å². The Morgan fingerprint density at radius 1 is 0.944 bits per heavy atom. The van der Waals surface area contributed by atoms with Crippen molar-refractivity contribution in [3.8, 4) is 0 Å². The molecular weight excluding hydrogens is 236 g/mol. The van der Waals surface area contributed by atoms with E-state index in [1.807, 2.05) is 0 Å². The third-order valence-corrected chi connectivity index (χ3v) is 2.31. The van der Waals surface area contributed by atoms with Crippen LogP contribution >= 0.6 is 0 Å². The van der Waals surface area contributed by atoms with Crippen LogP contribution in [0, 0.1) is 0 Å². The molecule has 0 aromatic rings. The first-order chi connectivity index (χ1) is 8.45. The fourth-order valence-electron chi connectivity index (χ4n) is 1.49. The molecule has 18 heavy (non-hydrogen) atoms. The third-order valence-electron chi connectivity index (χ3n) is 2.31. The summed E-state index contributed by atoms with van der Waals surface area (Å²) in [6.45, 7) is 4.54. The molecular formula is C13H22O5. The molecule has 0 bridgehead atoms. The second kappa shape index (κ2) is 9.62. The van der Waals surface area contributed by atoms with E-state index < -0.39 is 18.2 Å². The van der Waals surface area contributed by atoms with Crippen molar-refractivity contribution in [2.45, 2.75) is 65.6 Å². The molecule has 0 aliphatic carbocycles. The first-order valence-corrected chi connectivity index (χ1v) is 6.31. The number of hydrogen-bond donors (Lipinski definition) is 0. The maximum atomic E-state index is 11.5. The molecule has 0 aliphatic heterocycles. The van der Waals surface area contributed by atoms with E-state index >= 15 is 0 Å². The Balaban J connectivity index is 3.97. The van der Waals surface area contributed by atoms with Crippen molar-refractivity contribution in [1.29, 1.82) is 0 Å². The molecule has 0 unspecified atom stereocenters. The quantitative estimate of drug-likeness (QED) is 0.361. The van der Waals surface area contributed by atoms with E-state index in [0.717, 1.165) is 19.3 Å². The lowest BCUT2D eigenvalue weighted by molar-refractivity contribution is -0.186. The Morgan fingerprint density at radius 2 is 1.50 bits per heavy atom. The van der Waals surface area contributed by atoms with Gasteiger partial charge in [0.15, 0.2) is 0 Å². The molecule has 0 atom stereocenters. The summed E-state index contributed by atoms with van der Waals surface area (Å²) in [6, 6.07) is 0. The van der Waals surface area contributed by atoms with Gasteiger partial charge in [0, 0.05) is 33.1 Å². The first kappa shape index (κ1) is 16.6. The minimum absolute atomic E-state index is 0.104. The standard InChI is InChI=1S/C13H22O5/c1-4-5-6-7-12(16)8-9-13(17-10(2)14)18-11(3)15/h13H,4-9H2,1-3H3. The number of Topliss-reactive ketones (excluding diaryl/α,β-unsaturated/α-hetero) is 1. The van der Waals surface area contributed by atoms with E-state index in [-0.39, 0.29) is 18.6 Å². The summed E-state index contributed by atoms with van der Waals surface area (Å²) >= 11 is 0. The zero-order valence-corrected chi connectivity index (χ0v) is 11.4. The molecule has 5 nitrogen and oxygen atoms in total. The Morgan fingerprint density at radius 3 is 1.94 bits per heavy atom. The van der Waals surface area contributed by atoms with Gasteiger partial charge in [0.25, 0.3) is 0 Å². The monoisotopic (exact) mass is 258 g/mol. The largest absolute Gasteiger partial charge is 0.425 e. The molecule has 0 heterocycles. The summed E-state index contributed by atoms with van der Waals surface area (Å²) in [4.78, 5) is 33.1. The van der Waals surface area contributed by atoms with Crippen LogP contribution in [0.5, 0.6) is 0 Å². The lowest BCUT2D eigenvalue weighted by Gasteiger charge is -2.15. The van der Waals surface area contributed by atoms with Crippen LogP contribution in [0.1, 0.15) is 59.3 Å². The van der Waals surface area contributed by atoms with E-state index in [4.69, 9.17) is 9.47 Å². The maximum Gasteiger partial charge on any atom is 0.305 e. The van der Waals surface area contributed by atoms with Crippen molar-refractivity contribution in [3.05, 3.63) is 0 Å². The predicted molar refractivity (Wildman–Crippen MR) is 65.7 cm³/mol. The molecule has 0 aromatic heterocycles. The van der Waals surface area contributed by atoms with Gasteiger partial charge < -0.3 is 9.47 Å². The van der Waals surface area contributed by atoms with E-state index in [2.05, 4.69) is 6.92 Å². The smallest absolute Gasteiger partial charge is 0.305 e. The van der Waals surface area contributed by atoms with Crippen LogP contribution in [0.2, 0.25) is 0 Å². The minimum atomic E-state index is -0.949. The van der Waals surface area contributed by atoms with Crippen LogP contribution < -0.4 is 0 Å². The number of rotatable bonds is 9. The Hall–Kier alpha value is -1.39. The number of unbranched alkanes of at least 4 members (excludes halogenated alkanes) is 2. The lowest BCUT2D eigenvalue weighted by Crippen LogP contribution is -2.23. The molecule has 0 fully saturated rings. The van der Waals surface area contributed by atoms with Gasteiger partial charge in [-0.1, -0.05) is 19.8 Å². The fourth-order valence-corrected chi connectivity index (χ4v) is 1.49. The van der Waals surface area contributed by atoms with Gasteiger partial charge in [0.1, 0.15) is 5.78 Å². The summed E-state index contributed by atoms with van der Waals surface area (Å²) in [5, 5.41) is 0. The molecule has 0 radical (unpaired) electrons. The second-order valence-electron chi connectivity index (χ2n) is 4.18. The molecule has 0 saturated heterocycles. The van der Waals surface area contributed by atoms with Crippen molar-refractivity contribution in [1.82, 2.24) is 0 Å². The highest BCUT2D eigenvalue weighted by atomic mass is 16.7. The Bertz CT molecular complexity index is 269. The summed E-state index contributed by atoms with van der Waals surface area (Å²) in [5.74, 6) is -0.952. The van der Waals surface area contributed by atoms with Crippen molar-refractivity contribution in [2.75, 3.05) is 0 Å². The van der Waals surface area contributed by atoms with Crippen LogP contribution in [-0.2, 0) is 23.9 Å². The third kappa shape index (κ3) is 9.81. The van der Waals surface area contributed by atoms with Gasteiger partial charge in [-0.05, 0) is 6.42 Å². The van der Waals surface area contributed by atoms with Crippen LogP contribution in [0.15, 0.2) is 0 Å². The van der Waals surface area contributed by atoms with E-state index in [9.17, 15) is 14.4 Å². The number of ketones is 1. The summed E-state index contributed by atoms with van der Waals surface area (Å²) in [7, 11) is 0. The van der Waals surface area contributed by atoms with E-state index in [0.29, 0.717) is 6.42 Å². The van der Waals surface area contributed by atoms with Gasteiger partial charge in [0.05, 0.1) is 0 Å². The van der Waals surface area contributed by atoms with Crippen molar-refractivity contribution in [3.63, 3.8) is 0 Å². The van der Waals surface area contributed by atoms with Gasteiger partial charge in [0.2, 0.25) is 6.29 Å². The van der Waals surface area contributed by atoms with Crippen molar-refractivity contribution < 1.29 is 23.9 Å². The van der Waals surface area contributed by atoms with Gasteiger partial charge in [-0.15, -0.1) is 0 Å². The number of carbonyl (C=O) groups is 3. The molecule has 104 valence electrons. The zero-order valence-electron chi connectivity index (χ0n) is 11.4. The number of esters is 2. The van der Waals surface area contributed by atoms with Crippen LogP contribution in [0.3, 0.4) is 0 Å². The SMILES string of the molecule is CCCCCC(=O)CCC(OC(C)=O)OC(C)=O. The maximum absolute atomic E-state index is 11.5. The molecule has 0 saturated carbocycles. The molecule has 0 rings (SSSR count). The Labute approximate surface area is 108 Å². The second-order valence-corrected chi connectivity index (χ2v) is 4.18. The van der Waals surface area contributed by atoms with Crippen molar-refractivity contribution >= 4 is 17.7 Å². The number of hydrogen-bond acceptors (Lipinski definition) is 5. The highest BCUT2D eigenvalue weighted by Crippen LogP contribution is 2.09. The minimum Gasteiger partial charge on any atom is -0.425 e. The Kier molecular flexibility index (Phi) is 8.88. The van der Waals surface area contributed by atoms with Crippen LogP contribution in [-0.4, -0.2) is 24.0 Å². The molecule has 0 aromatic carbocycles. The van der Waals surface area contributed by atoms with Crippen molar-refractivity contribution in [2.24, 2.45) is 0 Å². The van der Waals surface area contributed by atoms with E-state index in [1.165, 1.54) is 13.8 Å². The fraction of sp³-hybridized carbons (Fsp3) is 0.769. The predicted octanol–water partition coefficient (Wildman–Crippen LogP) is 2.37. The molecule has 0 spiro atoms. The van der Waals surface area contributed by atoms with Gasteiger partial charge in [-0.3, -0.25) is 14.4 Å². The first-order valence-electron chi connectivity index (χ1n) is 6.31. The van der Waals surface area contributed by atoms with Gasteiger partial charge in [-0.25, -0.2) is 0 Å². The molecule has 0 aliphatic rings. The summed E-state index contributed by atoms with van der Waals surface area (Å²) in [5.41, 5.74) is 0. The van der Waals surface area contributed by atoms with E-state index in [1.54, 1.807) is 0 Å². The van der Waals surface area contributed by atoms with Crippen LogP contribution in [0.4, 0.5) is 0 Å². The molecule has 0 N–H and O–H groups in total. The van der Waals surface area contributed by atoms with Crippen LogP contribution in [0.25, 0.3) is 0 Å². The molecule has 0 amide bonds. The lowest BCUT2D eigenvalue weighted by atomic mass is 10.1. The normalized spacial score (nSPS) is 10.2. The number of ether oxygens (including phenoxy) is 2. The average molecular weight is 258 g/mol. The summed E-state index contributed by atoms with van der Waals surface area (Å²) < 4.78 is 9.61. The highest BCUT2D eigenvalue weighted by Gasteiger charge is 2.16. The number of carbonyl (C=O) groups excluding carboxylic acids is 3. The highest BCUT2D eigenvalue weighted by molar-refractivity contribution is 5.78. The summed E-state index contributed by atoms with van der Waals surface area (Å²) in [6.07, 6.45) is 3.04. The zero-order chi connectivity index (χ0) is 14.0.